The molecule has 0 bridgehead atoms. The molecular formula is C19H31N. The van der Waals surface area contributed by atoms with Crippen molar-refractivity contribution in [3.63, 3.8) is 0 Å². The molecule has 0 amide bonds. The van der Waals surface area contributed by atoms with Crippen molar-refractivity contribution in [2.75, 3.05) is 0 Å². The highest BCUT2D eigenvalue weighted by atomic mass is 14.7. The topological polar surface area (TPSA) is 26.0 Å². The average Bonchev–Trinajstić information content (AvgIpc) is 2.38. The van der Waals surface area contributed by atoms with E-state index in [4.69, 9.17) is 5.73 Å². The van der Waals surface area contributed by atoms with Gasteiger partial charge in [0.15, 0.2) is 0 Å². The van der Waals surface area contributed by atoms with E-state index in [0.29, 0.717) is 12.0 Å². The molecule has 0 unspecified atom stereocenters. The summed E-state index contributed by atoms with van der Waals surface area (Å²) in [5, 5.41) is 0. The highest BCUT2D eigenvalue weighted by molar-refractivity contribution is 5.32. The molecule has 0 aromatic heterocycles. The Morgan fingerprint density at radius 2 is 1.35 bits per heavy atom. The van der Waals surface area contributed by atoms with Gasteiger partial charge in [-0.05, 0) is 40.7 Å². The van der Waals surface area contributed by atoms with E-state index in [1.165, 1.54) is 36.8 Å². The Hall–Kier alpha value is -0.820. The van der Waals surface area contributed by atoms with Gasteiger partial charge in [0.2, 0.25) is 0 Å². The van der Waals surface area contributed by atoms with Gasteiger partial charge < -0.3 is 5.73 Å². The van der Waals surface area contributed by atoms with E-state index in [2.05, 4.69) is 58.9 Å². The lowest BCUT2D eigenvalue weighted by molar-refractivity contribution is 0.203. The molecule has 0 spiro atoms. The van der Waals surface area contributed by atoms with Crippen LogP contribution < -0.4 is 5.73 Å². The van der Waals surface area contributed by atoms with Gasteiger partial charge in [-0.15, -0.1) is 0 Å². The average molecular weight is 273 g/mol. The Kier molecular flexibility index (Phi) is 4.30. The second kappa shape index (κ2) is 5.52. The summed E-state index contributed by atoms with van der Waals surface area (Å²) in [4.78, 5) is 0. The molecule has 0 radical (unpaired) electrons. The fourth-order valence-corrected chi connectivity index (χ4v) is 3.67. The zero-order valence-electron chi connectivity index (χ0n) is 13.9. The molecule has 1 heteroatoms. The van der Waals surface area contributed by atoms with E-state index in [1.54, 1.807) is 0 Å². The molecule has 0 aliphatic heterocycles. The van der Waals surface area contributed by atoms with Crippen LogP contribution in [-0.2, 0) is 10.8 Å². The molecule has 0 heterocycles. The van der Waals surface area contributed by atoms with Crippen LogP contribution in [0.3, 0.4) is 0 Å². The summed E-state index contributed by atoms with van der Waals surface area (Å²) in [5.41, 5.74) is 9.65. The van der Waals surface area contributed by atoms with Gasteiger partial charge in [0, 0.05) is 6.04 Å². The van der Waals surface area contributed by atoms with Gasteiger partial charge in [0.1, 0.15) is 0 Å². The van der Waals surface area contributed by atoms with Crippen molar-refractivity contribution in [3.8, 4) is 0 Å². The molecule has 1 aliphatic rings. The van der Waals surface area contributed by atoms with E-state index >= 15 is 0 Å². The van der Waals surface area contributed by atoms with Crippen molar-refractivity contribution in [2.45, 2.75) is 77.2 Å². The van der Waals surface area contributed by atoms with Gasteiger partial charge in [0.05, 0.1) is 0 Å². The minimum absolute atomic E-state index is 0.177. The van der Waals surface area contributed by atoms with Crippen molar-refractivity contribution in [1.29, 1.82) is 0 Å². The van der Waals surface area contributed by atoms with Crippen molar-refractivity contribution >= 4 is 0 Å². The van der Waals surface area contributed by atoms with E-state index in [0.717, 1.165) is 0 Å². The first-order valence-electron chi connectivity index (χ1n) is 8.09. The number of rotatable bonds is 2. The first-order chi connectivity index (χ1) is 9.23. The van der Waals surface area contributed by atoms with E-state index in [-0.39, 0.29) is 10.8 Å². The predicted molar refractivity (Wildman–Crippen MR) is 88.1 cm³/mol. The third kappa shape index (κ3) is 3.09. The molecule has 1 saturated carbocycles. The lowest BCUT2D eigenvalue weighted by atomic mass is 9.65. The van der Waals surface area contributed by atoms with Gasteiger partial charge in [-0.2, -0.15) is 0 Å². The maximum Gasteiger partial charge on any atom is 0.00754 e. The number of benzene rings is 1. The van der Waals surface area contributed by atoms with Crippen LogP contribution in [0.5, 0.6) is 0 Å². The number of nitrogens with two attached hydrogens (primary N) is 1. The maximum atomic E-state index is 6.40. The van der Waals surface area contributed by atoms with Crippen LogP contribution in [0, 0.1) is 5.92 Å². The van der Waals surface area contributed by atoms with E-state index < -0.39 is 0 Å². The molecule has 20 heavy (non-hydrogen) atoms. The summed E-state index contributed by atoms with van der Waals surface area (Å²) >= 11 is 0. The number of hydrogen-bond acceptors (Lipinski definition) is 1. The van der Waals surface area contributed by atoms with Crippen molar-refractivity contribution < 1.29 is 0 Å². The largest absolute Gasteiger partial charge is 0.327 e. The predicted octanol–water partition coefficient (Wildman–Crippen LogP) is 4.78. The fourth-order valence-electron chi connectivity index (χ4n) is 3.67. The SMILES string of the molecule is CC(C)(C)c1ccc(C(C)(C)[C@@H]2CCCC[C@H]2N)cc1. The molecule has 1 aromatic rings. The molecular weight excluding hydrogens is 242 g/mol. The third-order valence-corrected chi connectivity index (χ3v) is 5.24. The summed E-state index contributed by atoms with van der Waals surface area (Å²) in [7, 11) is 0. The highest BCUT2D eigenvalue weighted by Gasteiger charge is 2.36. The van der Waals surface area contributed by atoms with Crippen molar-refractivity contribution in [3.05, 3.63) is 35.4 Å². The molecule has 0 saturated heterocycles. The number of hydrogen-bond donors (Lipinski definition) is 1. The standard InChI is InChI=1S/C19H31N/c1-18(2,3)14-10-12-15(13-11-14)19(4,5)16-8-6-7-9-17(16)20/h10-13,16-17H,6-9,20H2,1-5H3/t16-,17-/m1/s1. The third-order valence-electron chi connectivity index (χ3n) is 5.24. The lowest BCUT2D eigenvalue weighted by Gasteiger charge is -2.41. The van der Waals surface area contributed by atoms with Crippen LogP contribution in [0.4, 0.5) is 0 Å². The van der Waals surface area contributed by atoms with Crippen LogP contribution >= 0.6 is 0 Å². The fraction of sp³-hybridized carbons (Fsp3) is 0.684. The van der Waals surface area contributed by atoms with Gasteiger partial charge in [-0.1, -0.05) is 71.7 Å². The molecule has 2 atom stereocenters. The molecule has 112 valence electrons. The van der Waals surface area contributed by atoms with Crippen molar-refractivity contribution in [2.24, 2.45) is 11.7 Å². The van der Waals surface area contributed by atoms with Crippen LogP contribution in [-0.4, -0.2) is 6.04 Å². The van der Waals surface area contributed by atoms with Crippen LogP contribution in [0.2, 0.25) is 0 Å². The Bertz CT molecular complexity index is 436. The van der Waals surface area contributed by atoms with Gasteiger partial charge in [-0.3, -0.25) is 0 Å². The Morgan fingerprint density at radius 3 is 1.85 bits per heavy atom. The molecule has 1 aliphatic carbocycles. The summed E-state index contributed by atoms with van der Waals surface area (Å²) in [6, 6.07) is 9.60. The summed E-state index contributed by atoms with van der Waals surface area (Å²) < 4.78 is 0. The van der Waals surface area contributed by atoms with Gasteiger partial charge in [-0.25, -0.2) is 0 Å². The van der Waals surface area contributed by atoms with Crippen LogP contribution in [0.15, 0.2) is 24.3 Å². The van der Waals surface area contributed by atoms with Gasteiger partial charge >= 0.3 is 0 Å². The monoisotopic (exact) mass is 273 g/mol. The summed E-state index contributed by atoms with van der Waals surface area (Å²) in [6.45, 7) is 11.5. The Morgan fingerprint density at radius 1 is 0.850 bits per heavy atom. The summed E-state index contributed by atoms with van der Waals surface area (Å²) in [5.74, 6) is 0.608. The van der Waals surface area contributed by atoms with Crippen molar-refractivity contribution in [1.82, 2.24) is 0 Å². The quantitative estimate of drug-likeness (QED) is 0.824. The highest BCUT2D eigenvalue weighted by Crippen LogP contribution is 2.40. The molecule has 2 rings (SSSR count). The zero-order chi connectivity index (χ0) is 15.0. The second-order valence-corrected chi connectivity index (χ2v) is 8.10. The summed E-state index contributed by atoms with van der Waals surface area (Å²) in [6.07, 6.45) is 5.10. The Balaban J connectivity index is 2.25. The van der Waals surface area contributed by atoms with Gasteiger partial charge in [0.25, 0.3) is 0 Å². The Labute approximate surface area is 125 Å². The molecule has 1 aromatic carbocycles. The normalized spacial score (nSPS) is 24.7. The first-order valence-corrected chi connectivity index (χ1v) is 8.09. The van der Waals surface area contributed by atoms with E-state index in [1.807, 2.05) is 0 Å². The molecule has 1 nitrogen and oxygen atoms in total. The smallest absolute Gasteiger partial charge is 0.00754 e. The first kappa shape index (κ1) is 15.6. The lowest BCUT2D eigenvalue weighted by Crippen LogP contribution is -2.44. The minimum atomic E-state index is 0.177. The molecule has 2 N–H and O–H groups in total. The zero-order valence-corrected chi connectivity index (χ0v) is 13.9. The minimum Gasteiger partial charge on any atom is -0.327 e. The van der Waals surface area contributed by atoms with Crippen LogP contribution in [0.1, 0.15) is 71.4 Å². The van der Waals surface area contributed by atoms with Crippen LogP contribution in [0.25, 0.3) is 0 Å². The second-order valence-electron chi connectivity index (χ2n) is 8.10. The van der Waals surface area contributed by atoms with E-state index in [9.17, 15) is 0 Å². The maximum absolute atomic E-state index is 6.40. The molecule has 1 fully saturated rings.